The summed E-state index contributed by atoms with van der Waals surface area (Å²) in [6.07, 6.45) is 10.5. The number of rotatable bonds is 3. The summed E-state index contributed by atoms with van der Waals surface area (Å²) < 4.78 is 5.76. The number of dihydropyridines is 1. The quantitative estimate of drug-likeness (QED) is 0.609. The van der Waals surface area contributed by atoms with Gasteiger partial charge in [-0.15, -0.1) is 0 Å². The van der Waals surface area contributed by atoms with Crippen LogP contribution in [0, 0.1) is 0 Å². The zero-order chi connectivity index (χ0) is 12.6. The van der Waals surface area contributed by atoms with Gasteiger partial charge in [-0.2, -0.15) is 0 Å². The molecule has 3 unspecified atom stereocenters. The lowest BCUT2D eigenvalue weighted by Crippen LogP contribution is -2.53. The summed E-state index contributed by atoms with van der Waals surface area (Å²) in [5, 5.41) is 13.1. The second-order valence-electron chi connectivity index (χ2n) is 5.30. The van der Waals surface area contributed by atoms with Crippen LogP contribution in [0.2, 0.25) is 0 Å². The highest BCUT2D eigenvalue weighted by atomic mass is 79.9. The fraction of sp³-hybridized carbons (Fsp3) is 0.692. The molecule has 100 valence electrons. The zero-order valence-electron chi connectivity index (χ0n) is 10.3. The van der Waals surface area contributed by atoms with Crippen LogP contribution in [0.4, 0.5) is 0 Å². The maximum absolute atomic E-state index is 10.2. The Bertz CT molecular complexity index is 387. The van der Waals surface area contributed by atoms with Crippen molar-refractivity contribution in [2.45, 2.75) is 35.5 Å². The van der Waals surface area contributed by atoms with Gasteiger partial charge in [0, 0.05) is 11.0 Å². The van der Waals surface area contributed by atoms with Crippen LogP contribution in [0.15, 0.2) is 24.4 Å². The molecule has 0 amide bonds. The van der Waals surface area contributed by atoms with Crippen LogP contribution in [0.1, 0.15) is 19.3 Å². The van der Waals surface area contributed by atoms with Gasteiger partial charge in [-0.05, 0) is 44.5 Å². The second-order valence-corrected chi connectivity index (χ2v) is 6.40. The number of allylic oxidation sites excluding steroid dienone is 2. The smallest absolute Gasteiger partial charge is 0.267 e. The van der Waals surface area contributed by atoms with Crippen LogP contribution in [-0.2, 0) is 4.74 Å². The van der Waals surface area contributed by atoms with E-state index in [1.165, 1.54) is 6.42 Å². The molecule has 0 saturated carbocycles. The number of hydrogen-bond acceptors (Lipinski definition) is 4. The first-order valence-corrected chi connectivity index (χ1v) is 7.44. The Labute approximate surface area is 116 Å². The third kappa shape index (κ3) is 2.03. The Balaban J connectivity index is 1.68. The SMILES string of the molecule is OC1(OCC23CCCN2CCC3Br)C=CC=CN1. The summed E-state index contributed by atoms with van der Waals surface area (Å²) in [4.78, 5) is 2.96. The highest BCUT2D eigenvalue weighted by molar-refractivity contribution is 9.09. The average Bonchev–Trinajstić information content (AvgIpc) is 2.90. The van der Waals surface area contributed by atoms with E-state index in [1.807, 2.05) is 6.08 Å². The number of ether oxygens (including phenoxy) is 1. The van der Waals surface area contributed by atoms with Crippen LogP contribution in [-0.4, -0.2) is 46.0 Å². The second kappa shape index (κ2) is 4.63. The van der Waals surface area contributed by atoms with Gasteiger partial charge in [-0.3, -0.25) is 4.90 Å². The third-order valence-corrected chi connectivity index (χ3v) is 5.57. The molecule has 2 fully saturated rings. The Hall–Kier alpha value is -0.360. The predicted octanol–water partition coefficient (Wildman–Crippen LogP) is 1.32. The van der Waals surface area contributed by atoms with E-state index in [2.05, 4.69) is 26.1 Å². The van der Waals surface area contributed by atoms with Crippen LogP contribution < -0.4 is 5.32 Å². The monoisotopic (exact) mass is 314 g/mol. The molecule has 0 aromatic rings. The first kappa shape index (κ1) is 12.7. The first-order valence-electron chi connectivity index (χ1n) is 6.52. The summed E-state index contributed by atoms with van der Waals surface area (Å²) in [6, 6.07) is 0. The molecule has 0 spiro atoms. The van der Waals surface area contributed by atoms with Crippen molar-refractivity contribution in [2.24, 2.45) is 0 Å². The Kier molecular flexibility index (Phi) is 3.26. The van der Waals surface area contributed by atoms with E-state index in [1.54, 1.807) is 18.4 Å². The number of aliphatic hydroxyl groups is 1. The molecule has 3 heterocycles. The molecule has 4 nitrogen and oxygen atoms in total. The van der Waals surface area contributed by atoms with E-state index in [4.69, 9.17) is 4.74 Å². The van der Waals surface area contributed by atoms with Crippen molar-refractivity contribution in [1.29, 1.82) is 0 Å². The molecule has 3 rings (SSSR count). The summed E-state index contributed by atoms with van der Waals surface area (Å²) >= 11 is 3.79. The molecule has 0 aromatic heterocycles. The summed E-state index contributed by atoms with van der Waals surface area (Å²) in [5.41, 5.74) is 0.0619. The lowest BCUT2D eigenvalue weighted by atomic mass is 9.95. The molecular weight excluding hydrogens is 296 g/mol. The molecule has 3 aliphatic rings. The van der Waals surface area contributed by atoms with Gasteiger partial charge in [0.15, 0.2) is 0 Å². The van der Waals surface area contributed by atoms with Crippen LogP contribution in [0.5, 0.6) is 0 Å². The van der Waals surface area contributed by atoms with Crippen molar-refractivity contribution in [1.82, 2.24) is 10.2 Å². The fourth-order valence-electron chi connectivity index (χ4n) is 3.22. The average molecular weight is 315 g/mol. The maximum atomic E-state index is 10.2. The lowest BCUT2D eigenvalue weighted by Gasteiger charge is -2.38. The van der Waals surface area contributed by atoms with E-state index in [0.29, 0.717) is 11.4 Å². The molecular formula is C13H19BrN2O2. The number of hydrogen-bond donors (Lipinski definition) is 2. The number of fused-ring (bicyclic) bond motifs is 1. The van der Waals surface area contributed by atoms with Crippen LogP contribution in [0.3, 0.4) is 0 Å². The van der Waals surface area contributed by atoms with E-state index in [-0.39, 0.29) is 5.54 Å². The van der Waals surface area contributed by atoms with Crippen molar-refractivity contribution >= 4 is 15.9 Å². The van der Waals surface area contributed by atoms with Gasteiger partial charge in [0.05, 0.1) is 12.1 Å². The Morgan fingerprint density at radius 2 is 2.33 bits per heavy atom. The number of alkyl halides is 1. The van der Waals surface area contributed by atoms with Crippen molar-refractivity contribution in [3.05, 3.63) is 24.4 Å². The van der Waals surface area contributed by atoms with Gasteiger partial charge < -0.3 is 15.2 Å². The minimum absolute atomic E-state index is 0.0619. The normalized spacial score (nSPS) is 43.1. The molecule has 2 N–H and O–H groups in total. The van der Waals surface area contributed by atoms with Gasteiger partial charge in [0.2, 0.25) is 0 Å². The molecule has 5 heteroatoms. The Morgan fingerprint density at radius 1 is 1.44 bits per heavy atom. The minimum atomic E-state index is -1.35. The summed E-state index contributed by atoms with van der Waals surface area (Å²) in [7, 11) is 0. The van der Waals surface area contributed by atoms with Gasteiger partial charge in [0.25, 0.3) is 5.91 Å². The molecule has 0 radical (unpaired) electrons. The predicted molar refractivity (Wildman–Crippen MR) is 73.2 cm³/mol. The zero-order valence-corrected chi connectivity index (χ0v) is 11.9. The lowest BCUT2D eigenvalue weighted by molar-refractivity contribution is -0.197. The minimum Gasteiger partial charge on any atom is -0.345 e. The molecule has 0 aromatic carbocycles. The topological polar surface area (TPSA) is 44.7 Å². The van der Waals surface area contributed by atoms with Crippen molar-refractivity contribution in [2.75, 3.05) is 19.7 Å². The van der Waals surface area contributed by atoms with Crippen LogP contribution in [0.25, 0.3) is 0 Å². The molecule has 2 saturated heterocycles. The third-order valence-electron chi connectivity index (χ3n) is 4.26. The summed E-state index contributed by atoms with van der Waals surface area (Å²) in [6.45, 7) is 2.82. The molecule has 0 bridgehead atoms. The van der Waals surface area contributed by atoms with Crippen LogP contribution >= 0.6 is 15.9 Å². The van der Waals surface area contributed by atoms with Crippen molar-refractivity contribution < 1.29 is 9.84 Å². The van der Waals surface area contributed by atoms with E-state index in [0.717, 1.165) is 25.9 Å². The van der Waals surface area contributed by atoms with Gasteiger partial charge in [0.1, 0.15) is 0 Å². The van der Waals surface area contributed by atoms with E-state index >= 15 is 0 Å². The molecule has 3 aliphatic heterocycles. The molecule has 0 aliphatic carbocycles. The Morgan fingerprint density at radius 3 is 3.11 bits per heavy atom. The fourth-order valence-corrected chi connectivity index (χ4v) is 4.08. The van der Waals surface area contributed by atoms with E-state index in [9.17, 15) is 5.11 Å². The highest BCUT2D eigenvalue weighted by Gasteiger charge is 2.51. The van der Waals surface area contributed by atoms with Gasteiger partial charge in [-0.25, -0.2) is 0 Å². The molecule has 3 atom stereocenters. The largest absolute Gasteiger partial charge is 0.345 e. The highest BCUT2D eigenvalue weighted by Crippen LogP contribution is 2.43. The number of nitrogens with zero attached hydrogens (tertiary/aromatic N) is 1. The summed E-state index contributed by atoms with van der Waals surface area (Å²) in [5.74, 6) is -1.35. The number of halogens is 1. The number of nitrogens with one attached hydrogen (secondary N) is 1. The van der Waals surface area contributed by atoms with Crippen molar-refractivity contribution in [3.63, 3.8) is 0 Å². The standard InChI is InChI=1S/C13H19BrN2O2/c14-11-4-9-16-8-3-5-12(11,16)10-18-13(17)6-1-2-7-15-13/h1-2,6-7,11,15,17H,3-5,8-10H2. The van der Waals surface area contributed by atoms with E-state index < -0.39 is 5.91 Å². The van der Waals surface area contributed by atoms with Gasteiger partial charge in [-0.1, -0.05) is 22.0 Å². The van der Waals surface area contributed by atoms with Gasteiger partial charge >= 0.3 is 0 Å². The molecule has 18 heavy (non-hydrogen) atoms. The van der Waals surface area contributed by atoms with Crippen molar-refractivity contribution in [3.8, 4) is 0 Å². The first-order chi connectivity index (χ1) is 8.65. The maximum Gasteiger partial charge on any atom is 0.267 e.